The van der Waals surface area contributed by atoms with Crippen LogP contribution in [-0.2, 0) is 0 Å². The lowest BCUT2D eigenvalue weighted by atomic mass is 10.0. The summed E-state index contributed by atoms with van der Waals surface area (Å²) in [6, 6.07) is 17.1. The molecule has 10 heteroatoms. The number of rotatable bonds is 11. The lowest BCUT2D eigenvalue weighted by Gasteiger charge is -2.32. The van der Waals surface area contributed by atoms with Crippen molar-refractivity contribution in [2.75, 3.05) is 31.9 Å². The van der Waals surface area contributed by atoms with Crippen molar-refractivity contribution in [1.82, 2.24) is 24.0 Å². The zero-order valence-electron chi connectivity index (χ0n) is 22.2. The maximum Gasteiger partial charge on any atom is 0.335 e. The fourth-order valence-electron chi connectivity index (χ4n) is 5.34. The molecule has 5 rings (SSSR count). The van der Waals surface area contributed by atoms with Gasteiger partial charge in [0.1, 0.15) is 23.3 Å². The van der Waals surface area contributed by atoms with Crippen LogP contribution in [-0.4, -0.2) is 50.2 Å². The molecule has 4 N–H and O–H groups in total. The molecular formula is C29H38ClN7O2. The van der Waals surface area contributed by atoms with Gasteiger partial charge < -0.3 is 21.1 Å². The van der Waals surface area contributed by atoms with E-state index in [2.05, 4.69) is 14.9 Å². The standard InChI is InChI=1S/C29H37N7O2.ClH/c30-17-7-2-1-3-8-18-34-19-15-23(16-20-34)36-28-26(27(31)32-21-33-28)35(29(36)37)22-11-13-25(14-12-22)38-24-9-5-4-6-10-24;/h4-6,9-14,21,23H,1-3,7-8,15-20,30H2,(H2,31,32,33);1H. The van der Waals surface area contributed by atoms with Gasteiger partial charge in [-0.25, -0.2) is 14.8 Å². The van der Waals surface area contributed by atoms with Crippen LogP contribution in [0.5, 0.6) is 11.5 Å². The molecule has 3 heterocycles. The third-order valence-corrected chi connectivity index (χ3v) is 7.35. The molecule has 0 atom stereocenters. The molecule has 39 heavy (non-hydrogen) atoms. The SMILES string of the molecule is Cl.NCCCCCCCN1CCC(n2c(=O)n(-c3ccc(Oc4ccccc4)cc3)c3c(N)ncnc32)CC1. The number of piperidine rings is 1. The van der Waals surface area contributed by atoms with Crippen LogP contribution in [0.25, 0.3) is 16.9 Å². The van der Waals surface area contributed by atoms with Gasteiger partial charge in [0.25, 0.3) is 0 Å². The second-order valence-corrected chi connectivity index (χ2v) is 9.96. The van der Waals surface area contributed by atoms with E-state index in [9.17, 15) is 4.79 Å². The first kappa shape index (κ1) is 28.6. The van der Waals surface area contributed by atoms with Gasteiger partial charge in [-0.3, -0.25) is 9.13 Å². The van der Waals surface area contributed by atoms with Gasteiger partial charge in [-0.2, -0.15) is 0 Å². The molecule has 2 aromatic carbocycles. The number of nitrogen functional groups attached to an aromatic ring is 1. The molecule has 0 amide bonds. The van der Waals surface area contributed by atoms with Crippen molar-refractivity contribution < 1.29 is 4.74 Å². The highest BCUT2D eigenvalue weighted by molar-refractivity contribution is 5.85. The zero-order valence-corrected chi connectivity index (χ0v) is 23.1. The van der Waals surface area contributed by atoms with E-state index in [1.165, 1.54) is 32.0 Å². The van der Waals surface area contributed by atoms with Crippen molar-refractivity contribution in [3.8, 4) is 17.2 Å². The smallest absolute Gasteiger partial charge is 0.335 e. The minimum atomic E-state index is -0.137. The summed E-state index contributed by atoms with van der Waals surface area (Å²) in [7, 11) is 0. The number of para-hydroxylation sites is 1. The number of ether oxygens (including phenoxy) is 1. The Labute approximate surface area is 235 Å². The number of anilines is 1. The number of fused-ring (bicyclic) bond motifs is 1. The van der Waals surface area contributed by atoms with E-state index >= 15 is 0 Å². The Kier molecular flexibility index (Phi) is 9.97. The van der Waals surface area contributed by atoms with Crippen LogP contribution in [0, 0.1) is 0 Å². The normalized spacial score (nSPS) is 14.4. The molecule has 0 saturated carbocycles. The van der Waals surface area contributed by atoms with Gasteiger partial charge >= 0.3 is 5.69 Å². The van der Waals surface area contributed by atoms with E-state index in [0.29, 0.717) is 28.4 Å². The van der Waals surface area contributed by atoms with E-state index in [0.717, 1.165) is 51.2 Å². The minimum Gasteiger partial charge on any atom is -0.457 e. The molecule has 208 valence electrons. The summed E-state index contributed by atoms with van der Waals surface area (Å²) in [5.41, 5.74) is 13.6. The van der Waals surface area contributed by atoms with Crippen LogP contribution in [0.15, 0.2) is 65.7 Å². The van der Waals surface area contributed by atoms with Crippen molar-refractivity contribution in [3.05, 3.63) is 71.4 Å². The summed E-state index contributed by atoms with van der Waals surface area (Å²) in [6.45, 7) is 3.84. The van der Waals surface area contributed by atoms with Crippen molar-refractivity contribution in [2.45, 2.75) is 51.0 Å². The second-order valence-electron chi connectivity index (χ2n) is 9.96. The molecule has 2 aromatic heterocycles. The largest absolute Gasteiger partial charge is 0.457 e. The molecule has 1 fully saturated rings. The number of aromatic nitrogens is 4. The lowest BCUT2D eigenvalue weighted by molar-refractivity contribution is 0.183. The summed E-state index contributed by atoms with van der Waals surface area (Å²) >= 11 is 0. The molecule has 1 aliphatic rings. The van der Waals surface area contributed by atoms with Gasteiger partial charge in [0, 0.05) is 19.1 Å². The van der Waals surface area contributed by atoms with Gasteiger partial charge in [-0.1, -0.05) is 37.5 Å². The lowest BCUT2D eigenvalue weighted by Crippen LogP contribution is -2.38. The fraction of sp³-hybridized carbons (Fsp3) is 0.414. The first-order valence-electron chi connectivity index (χ1n) is 13.6. The van der Waals surface area contributed by atoms with Gasteiger partial charge in [0.15, 0.2) is 11.5 Å². The number of benzene rings is 2. The maximum atomic E-state index is 13.8. The Morgan fingerprint density at radius 1 is 0.872 bits per heavy atom. The van der Waals surface area contributed by atoms with Crippen LogP contribution >= 0.6 is 12.4 Å². The number of nitrogens with zero attached hydrogens (tertiary/aromatic N) is 5. The van der Waals surface area contributed by atoms with E-state index in [1.54, 1.807) is 4.57 Å². The second kappa shape index (κ2) is 13.6. The molecule has 0 bridgehead atoms. The number of imidazole rings is 1. The molecule has 0 radical (unpaired) electrons. The summed E-state index contributed by atoms with van der Waals surface area (Å²) in [6.07, 6.45) is 9.30. The van der Waals surface area contributed by atoms with Crippen molar-refractivity contribution >= 4 is 29.4 Å². The van der Waals surface area contributed by atoms with Crippen LogP contribution < -0.4 is 21.9 Å². The molecule has 0 spiro atoms. The first-order chi connectivity index (χ1) is 18.7. The van der Waals surface area contributed by atoms with Gasteiger partial charge in [0.05, 0.1) is 5.69 Å². The van der Waals surface area contributed by atoms with Crippen molar-refractivity contribution in [3.63, 3.8) is 0 Å². The summed E-state index contributed by atoms with van der Waals surface area (Å²) in [5.74, 6) is 1.74. The maximum absolute atomic E-state index is 13.8. The average Bonchev–Trinajstić information content (AvgIpc) is 3.25. The van der Waals surface area contributed by atoms with E-state index < -0.39 is 0 Å². The van der Waals surface area contributed by atoms with Crippen LogP contribution in [0.3, 0.4) is 0 Å². The predicted octanol–water partition coefficient (Wildman–Crippen LogP) is 4.92. The number of halogens is 1. The third kappa shape index (κ3) is 6.61. The monoisotopic (exact) mass is 551 g/mol. The summed E-state index contributed by atoms with van der Waals surface area (Å²) in [5, 5.41) is 0. The Balaban J connectivity index is 0.00000353. The molecule has 0 unspecified atom stereocenters. The Hall–Kier alpha value is -3.40. The zero-order chi connectivity index (χ0) is 26.3. The highest BCUT2D eigenvalue weighted by Crippen LogP contribution is 2.29. The highest BCUT2D eigenvalue weighted by atomic mass is 35.5. The predicted molar refractivity (Wildman–Crippen MR) is 158 cm³/mol. The Morgan fingerprint density at radius 3 is 2.26 bits per heavy atom. The quantitative estimate of drug-likeness (QED) is 0.254. The van der Waals surface area contributed by atoms with Crippen molar-refractivity contribution in [2.24, 2.45) is 5.73 Å². The molecule has 4 aromatic rings. The minimum absolute atomic E-state index is 0. The first-order valence-corrected chi connectivity index (χ1v) is 13.6. The highest BCUT2D eigenvalue weighted by Gasteiger charge is 2.27. The van der Waals surface area contributed by atoms with Crippen LogP contribution in [0.1, 0.15) is 51.0 Å². The summed E-state index contributed by atoms with van der Waals surface area (Å²) in [4.78, 5) is 25.1. The van der Waals surface area contributed by atoms with Gasteiger partial charge in [-0.05, 0) is 75.2 Å². The molecule has 9 nitrogen and oxygen atoms in total. The fourth-order valence-corrected chi connectivity index (χ4v) is 5.34. The number of hydrogen-bond acceptors (Lipinski definition) is 7. The van der Waals surface area contributed by atoms with E-state index in [4.69, 9.17) is 16.2 Å². The topological polar surface area (TPSA) is 117 Å². The average molecular weight is 552 g/mol. The number of nitrogens with two attached hydrogens (primary N) is 2. The van der Waals surface area contributed by atoms with E-state index in [1.807, 2.05) is 59.2 Å². The van der Waals surface area contributed by atoms with Crippen molar-refractivity contribution in [1.29, 1.82) is 0 Å². The summed E-state index contributed by atoms with van der Waals surface area (Å²) < 4.78 is 9.38. The number of hydrogen-bond donors (Lipinski definition) is 2. The van der Waals surface area contributed by atoms with Gasteiger partial charge in [-0.15, -0.1) is 12.4 Å². The van der Waals surface area contributed by atoms with Crippen LogP contribution in [0.2, 0.25) is 0 Å². The van der Waals surface area contributed by atoms with E-state index in [-0.39, 0.29) is 24.1 Å². The Morgan fingerprint density at radius 2 is 1.54 bits per heavy atom. The molecule has 1 saturated heterocycles. The van der Waals surface area contributed by atoms with Crippen LogP contribution in [0.4, 0.5) is 5.82 Å². The Bertz CT molecular complexity index is 1380. The molecular weight excluding hydrogens is 514 g/mol. The van der Waals surface area contributed by atoms with Gasteiger partial charge in [0.2, 0.25) is 0 Å². The third-order valence-electron chi connectivity index (χ3n) is 7.35. The molecule has 1 aliphatic heterocycles. The molecule has 0 aliphatic carbocycles. The number of likely N-dealkylation sites (tertiary alicyclic amines) is 1. The number of unbranched alkanes of at least 4 members (excludes halogenated alkanes) is 4.